The Morgan fingerprint density at radius 3 is 2.19 bits per heavy atom. The van der Waals surface area contributed by atoms with Crippen LogP contribution in [0.4, 0.5) is 0 Å². The number of nitriles is 1. The molecule has 0 heterocycles. The minimum Gasteiger partial charge on any atom is -0.496 e. The van der Waals surface area contributed by atoms with Crippen LogP contribution in [0.2, 0.25) is 0 Å². The molecule has 0 spiro atoms. The van der Waals surface area contributed by atoms with Crippen molar-refractivity contribution < 1.29 is 23.7 Å². The molecule has 0 saturated heterocycles. The Balaban J connectivity index is 1.76. The van der Waals surface area contributed by atoms with Crippen LogP contribution in [0.3, 0.4) is 0 Å². The SMILES string of the molecule is CCC(C)(C)C(=O)OCCCCCCCCOc1ccc(/C=C(\C#N)c2ccccc2OC)cc1OC. The molecule has 0 bridgehead atoms. The predicted molar refractivity (Wildman–Crippen MR) is 148 cm³/mol. The third kappa shape index (κ3) is 9.49. The van der Waals surface area contributed by atoms with Crippen LogP contribution in [0.1, 0.15) is 76.8 Å². The van der Waals surface area contributed by atoms with Gasteiger partial charge < -0.3 is 18.9 Å². The number of unbranched alkanes of at least 4 members (excludes halogenated alkanes) is 5. The Morgan fingerprint density at radius 1 is 0.892 bits per heavy atom. The van der Waals surface area contributed by atoms with Gasteiger partial charge in [0.25, 0.3) is 0 Å². The van der Waals surface area contributed by atoms with E-state index >= 15 is 0 Å². The maximum absolute atomic E-state index is 12.0. The van der Waals surface area contributed by atoms with Gasteiger partial charge in [0.1, 0.15) is 5.75 Å². The van der Waals surface area contributed by atoms with Gasteiger partial charge in [-0.25, -0.2) is 0 Å². The van der Waals surface area contributed by atoms with E-state index in [-0.39, 0.29) is 5.97 Å². The first kappa shape index (κ1) is 29.8. The van der Waals surface area contributed by atoms with E-state index in [1.807, 2.05) is 69.3 Å². The number of hydrogen-bond acceptors (Lipinski definition) is 6. The predicted octanol–water partition coefficient (Wildman–Crippen LogP) is 7.47. The molecule has 37 heavy (non-hydrogen) atoms. The second kappa shape index (κ2) is 15.6. The van der Waals surface area contributed by atoms with Crippen molar-refractivity contribution in [2.24, 2.45) is 5.41 Å². The van der Waals surface area contributed by atoms with Gasteiger partial charge in [0.2, 0.25) is 0 Å². The van der Waals surface area contributed by atoms with E-state index in [0.717, 1.165) is 56.1 Å². The van der Waals surface area contributed by atoms with Crippen molar-refractivity contribution in [3.63, 3.8) is 0 Å². The molecule has 0 amide bonds. The summed E-state index contributed by atoms with van der Waals surface area (Å²) in [7, 11) is 3.21. The minimum atomic E-state index is -0.393. The van der Waals surface area contributed by atoms with Crippen LogP contribution in [-0.4, -0.2) is 33.4 Å². The largest absolute Gasteiger partial charge is 0.496 e. The van der Waals surface area contributed by atoms with E-state index in [2.05, 4.69) is 6.07 Å². The third-order valence-electron chi connectivity index (χ3n) is 6.48. The summed E-state index contributed by atoms with van der Waals surface area (Å²) in [6, 6.07) is 15.4. The van der Waals surface area contributed by atoms with E-state index in [1.54, 1.807) is 14.2 Å². The number of allylic oxidation sites excluding steroid dienone is 1. The van der Waals surface area contributed by atoms with Crippen LogP contribution in [0.5, 0.6) is 17.2 Å². The Morgan fingerprint density at radius 2 is 1.54 bits per heavy atom. The number of ether oxygens (including phenoxy) is 4. The van der Waals surface area contributed by atoms with Gasteiger partial charge in [0, 0.05) is 5.56 Å². The van der Waals surface area contributed by atoms with Gasteiger partial charge >= 0.3 is 5.97 Å². The molecule has 0 fully saturated rings. The summed E-state index contributed by atoms with van der Waals surface area (Å²) in [6.07, 6.45) is 8.84. The topological polar surface area (TPSA) is 77.8 Å². The fourth-order valence-electron chi connectivity index (χ4n) is 3.70. The third-order valence-corrected chi connectivity index (χ3v) is 6.48. The molecule has 2 aromatic rings. The number of benzene rings is 2. The number of methoxy groups -OCH3 is 2. The molecule has 0 saturated carbocycles. The number of carbonyl (C=O) groups is 1. The quantitative estimate of drug-likeness (QED) is 0.101. The smallest absolute Gasteiger partial charge is 0.311 e. The number of hydrogen-bond donors (Lipinski definition) is 0. The number of nitrogens with zero attached hydrogens (tertiary/aromatic N) is 1. The highest BCUT2D eigenvalue weighted by Gasteiger charge is 2.26. The monoisotopic (exact) mass is 507 g/mol. The summed E-state index contributed by atoms with van der Waals surface area (Å²) in [5, 5.41) is 9.70. The molecule has 200 valence electrons. The number of esters is 1. The Labute approximate surface area is 222 Å². The summed E-state index contributed by atoms with van der Waals surface area (Å²) in [5.41, 5.74) is 1.70. The minimum absolute atomic E-state index is 0.103. The molecule has 6 nitrogen and oxygen atoms in total. The highest BCUT2D eigenvalue weighted by Crippen LogP contribution is 2.32. The zero-order valence-electron chi connectivity index (χ0n) is 23.0. The second-order valence-electron chi connectivity index (χ2n) is 9.62. The van der Waals surface area contributed by atoms with Gasteiger partial charge in [-0.1, -0.05) is 50.8 Å². The normalized spacial score (nSPS) is 11.5. The molecule has 0 N–H and O–H groups in total. The summed E-state index contributed by atoms with van der Waals surface area (Å²) in [6.45, 7) is 6.97. The van der Waals surface area contributed by atoms with Crippen LogP contribution in [-0.2, 0) is 9.53 Å². The summed E-state index contributed by atoms with van der Waals surface area (Å²) < 4.78 is 22.3. The van der Waals surface area contributed by atoms with Crippen LogP contribution in [0.15, 0.2) is 42.5 Å². The Hall–Kier alpha value is -3.46. The zero-order chi connectivity index (χ0) is 27.1. The average molecular weight is 508 g/mol. The van der Waals surface area contributed by atoms with E-state index in [9.17, 15) is 10.1 Å². The lowest BCUT2D eigenvalue weighted by Crippen LogP contribution is -2.26. The highest BCUT2D eigenvalue weighted by molar-refractivity contribution is 5.91. The van der Waals surface area contributed by atoms with Crippen molar-refractivity contribution >= 4 is 17.6 Å². The maximum Gasteiger partial charge on any atom is 0.311 e. The molecule has 0 aliphatic rings. The Kier molecular flexibility index (Phi) is 12.6. The van der Waals surface area contributed by atoms with Crippen LogP contribution in [0.25, 0.3) is 11.6 Å². The van der Waals surface area contributed by atoms with E-state index < -0.39 is 5.41 Å². The molecular formula is C31H41NO5. The van der Waals surface area contributed by atoms with Gasteiger partial charge in [-0.2, -0.15) is 5.26 Å². The highest BCUT2D eigenvalue weighted by atomic mass is 16.5. The van der Waals surface area contributed by atoms with E-state index in [0.29, 0.717) is 36.0 Å². The zero-order valence-corrected chi connectivity index (χ0v) is 23.0. The molecule has 0 unspecified atom stereocenters. The van der Waals surface area contributed by atoms with Gasteiger partial charge in [0.15, 0.2) is 11.5 Å². The summed E-state index contributed by atoms with van der Waals surface area (Å²) in [5.74, 6) is 1.87. The molecule has 6 heteroatoms. The number of para-hydroxylation sites is 1. The van der Waals surface area contributed by atoms with Crippen LogP contribution >= 0.6 is 0 Å². The Bertz CT molecular complexity index is 1070. The molecule has 0 aliphatic heterocycles. The van der Waals surface area contributed by atoms with Crippen LogP contribution in [0, 0.1) is 16.7 Å². The average Bonchev–Trinajstić information content (AvgIpc) is 2.92. The fourth-order valence-corrected chi connectivity index (χ4v) is 3.70. The molecule has 2 rings (SSSR count). The van der Waals surface area contributed by atoms with E-state index in [4.69, 9.17) is 18.9 Å². The fraction of sp³-hybridized carbons (Fsp3) is 0.484. The first-order valence-electron chi connectivity index (χ1n) is 13.1. The van der Waals surface area contributed by atoms with Crippen molar-refractivity contribution in [3.05, 3.63) is 53.6 Å². The molecular weight excluding hydrogens is 466 g/mol. The lowest BCUT2D eigenvalue weighted by molar-refractivity contribution is -0.154. The maximum atomic E-state index is 12.0. The first-order valence-corrected chi connectivity index (χ1v) is 13.1. The lowest BCUT2D eigenvalue weighted by Gasteiger charge is -2.20. The first-order chi connectivity index (χ1) is 17.9. The number of carbonyl (C=O) groups excluding carboxylic acids is 1. The molecule has 2 aromatic carbocycles. The van der Waals surface area contributed by atoms with Crippen molar-refractivity contribution in [2.45, 2.75) is 65.7 Å². The number of rotatable bonds is 16. The van der Waals surface area contributed by atoms with Crippen molar-refractivity contribution in [3.8, 4) is 23.3 Å². The summed E-state index contributed by atoms with van der Waals surface area (Å²) >= 11 is 0. The van der Waals surface area contributed by atoms with Gasteiger partial charge in [-0.15, -0.1) is 0 Å². The second-order valence-corrected chi connectivity index (χ2v) is 9.62. The standard InChI is InChI=1S/C31H41NO5/c1-6-31(2,3)30(33)37-20-14-10-8-7-9-13-19-36-28-18-17-24(22-29(28)35-5)21-25(23-32)26-15-11-12-16-27(26)34-4/h11-12,15-18,21-22H,6-10,13-14,19-20H2,1-5H3/b25-21+. The van der Waals surface area contributed by atoms with E-state index in [1.165, 1.54) is 0 Å². The summed E-state index contributed by atoms with van der Waals surface area (Å²) in [4.78, 5) is 12.0. The van der Waals surface area contributed by atoms with Crippen molar-refractivity contribution in [2.75, 3.05) is 27.4 Å². The van der Waals surface area contributed by atoms with Crippen molar-refractivity contribution in [1.82, 2.24) is 0 Å². The van der Waals surface area contributed by atoms with Gasteiger partial charge in [-0.05, 0) is 69.0 Å². The molecule has 0 aromatic heterocycles. The van der Waals surface area contributed by atoms with Gasteiger partial charge in [0.05, 0.1) is 44.5 Å². The molecule has 0 atom stereocenters. The van der Waals surface area contributed by atoms with Crippen LogP contribution < -0.4 is 14.2 Å². The van der Waals surface area contributed by atoms with Gasteiger partial charge in [-0.3, -0.25) is 4.79 Å². The molecule has 0 aliphatic carbocycles. The molecule has 0 radical (unpaired) electrons. The van der Waals surface area contributed by atoms with Crippen molar-refractivity contribution in [1.29, 1.82) is 5.26 Å². The lowest BCUT2D eigenvalue weighted by atomic mass is 9.91.